The summed E-state index contributed by atoms with van der Waals surface area (Å²) in [5, 5.41) is 0. The normalized spacial score (nSPS) is 19.2. The molecule has 1 aliphatic heterocycles. The van der Waals surface area contributed by atoms with Crippen LogP contribution >= 0.6 is 0 Å². The Morgan fingerprint density at radius 2 is 2.12 bits per heavy atom. The Morgan fingerprint density at radius 1 is 1.33 bits per heavy atom. The summed E-state index contributed by atoms with van der Waals surface area (Å²) in [6.45, 7) is 6.85. The molecule has 0 N–H and O–H groups in total. The Bertz CT molecular complexity index is 662. The van der Waals surface area contributed by atoms with Crippen molar-refractivity contribution in [1.82, 2.24) is 19.8 Å². The molecular formula is C19H24N4O. The molecule has 2 aromatic rings. The third-order valence-corrected chi connectivity index (χ3v) is 4.85. The summed E-state index contributed by atoms with van der Waals surface area (Å²) in [4.78, 5) is 25.3. The number of benzene rings is 1. The summed E-state index contributed by atoms with van der Waals surface area (Å²) in [5.74, 6) is -0.0233. The molecular weight excluding hydrogens is 300 g/mol. The van der Waals surface area contributed by atoms with Crippen LogP contribution in [0.2, 0.25) is 0 Å². The van der Waals surface area contributed by atoms with E-state index in [1.54, 1.807) is 18.6 Å². The topological polar surface area (TPSA) is 49.3 Å². The number of rotatable bonds is 5. The van der Waals surface area contributed by atoms with Crippen LogP contribution in [0.5, 0.6) is 0 Å². The summed E-state index contributed by atoms with van der Waals surface area (Å²) in [6, 6.07) is 11.1. The molecule has 0 aliphatic carbocycles. The molecule has 1 fully saturated rings. The summed E-state index contributed by atoms with van der Waals surface area (Å²) in [7, 11) is 0. The average Bonchev–Trinajstić information content (AvgIpc) is 3.13. The highest BCUT2D eigenvalue weighted by Crippen LogP contribution is 2.27. The van der Waals surface area contributed by atoms with Crippen LogP contribution < -0.4 is 0 Å². The minimum atomic E-state index is -0.0233. The van der Waals surface area contributed by atoms with Gasteiger partial charge in [-0.1, -0.05) is 30.3 Å². The molecule has 2 atom stereocenters. The smallest absolute Gasteiger partial charge is 0.274 e. The predicted octanol–water partition coefficient (Wildman–Crippen LogP) is 2.77. The lowest BCUT2D eigenvalue weighted by Gasteiger charge is -2.29. The van der Waals surface area contributed by atoms with Crippen molar-refractivity contribution >= 4 is 5.91 Å². The summed E-state index contributed by atoms with van der Waals surface area (Å²) < 4.78 is 0. The highest BCUT2D eigenvalue weighted by Gasteiger charge is 2.33. The molecule has 1 aromatic carbocycles. The number of hydrogen-bond donors (Lipinski definition) is 0. The number of hydrogen-bond acceptors (Lipinski definition) is 4. The van der Waals surface area contributed by atoms with Crippen molar-refractivity contribution < 1.29 is 4.79 Å². The fraction of sp³-hybridized carbons (Fsp3) is 0.421. The molecule has 5 nitrogen and oxygen atoms in total. The molecule has 1 aromatic heterocycles. The Morgan fingerprint density at radius 3 is 2.79 bits per heavy atom. The van der Waals surface area contributed by atoms with Gasteiger partial charge in [0.15, 0.2) is 0 Å². The zero-order valence-electron chi connectivity index (χ0n) is 14.3. The quantitative estimate of drug-likeness (QED) is 0.848. The molecule has 126 valence electrons. The van der Waals surface area contributed by atoms with Gasteiger partial charge in [0.1, 0.15) is 5.69 Å². The van der Waals surface area contributed by atoms with Crippen molar-refractivity contribution in [3.8, 4) is 0 Å². The van der Waals surface area contributed by atoms with Gasteiger partial charge in [-0.05, 0) is 25.8 Å². The average molecular weight is 324 g/mol. The molecule has 1 aliphatic rings. The lowest BCUT2D eigenvalue weighted by molar-refractivity contribution is 0.0683. The molecule has 2 heterocycles. The fourth-order valence-corrected chi connectivity index (χ4v) is 3.44. The van der Waals surface area contributed by atoms with Gasteiger partial charge in [0, 0.05) is 44.1 Å². The van der Waals surface area contributed by atoms with E-state index in [9.17, 15) is 4.79 Å². The second kappa shape index (κ2) is 7.53. The summed E-state index contributed by atoms with van der Waals surface area (Å²) >= 11 is 0. The van der Waals surface area contributed by atoms with E-state index >= 15 is 0 Å². The third kappa shape index (κ3) is 3.46. The number of nitrogens with zero attached hydrogens (tertiary/aromatic N) is 4. The first-order valence-corrected chi connectivity index (χ1v) is 8.56. The van der Waals surface area contributed by atoms with E-state index in [2.05, 4.69) is 46.1 Å². The van der Waals surface area contributed by atoms with Gasteiger partial charge in [0.2, 0.25) is 0 Å². The van der Waals surface area contributed by atoms with Crippen molar-refractivity contribution in [2.24, 2.45) is 0 Å². The monoisotopic (exact) mass is 324 g/mol. The number of likely N-dealkylation sites (N-methyl/N-ethyl adjacent to an activating group) is 1. The lowest BCUT2D eigenvalue weighted by atomic mass is 10.1. The molecule has 1 saturated heterocycles. The minimum absolute atomic E-state index is 0.0233. The van der Waals surface area contributed by atoms with E-state index in [1.165, 1.54) is 5.56 Å². The first-order chi connectivity index (χ1) is 11.7. The molecule has 0 spiro atoms. The molecule has 3 rings (SSSR count). The molecule has 0 unspecified atom stereocenters. The Kier molecular flexibility index (Phi) is 5.20. The summed E-state index contributed by atoms with van der Waals surface area (Å²) in [6.07, 6.45) is 5.70. The lowest BCUT2D eigenvalue weighted by Crippen LogP contribution is -2.42. The van der Waals surface area contributed by atoms with E-state index in [0.29, 0.717) is 18.3 Å². The Balaban J connectivity index is 1.68. The highest BCUT2D eigenvalue weighted by molar-refractivity contribution is 5.92. The maximum Gasteiger partial charge on any atom is 0.274 e. The zero-order valence-corrected chi connectivity index (χ0v) is 14.3. The van der Waals surface area contributed by atoms with Crippen molar-refractivity contribution in [2.45, 2.75) is 32.4 Å². The van der Waals surface area contributed by atoms with Crippen LogP contribution in [-0.2, 0) is 0 Å². The predicted molar refractivity (Wildman–Crippen MR) is 93.6 cm³/mol. The maximum absolute atomic E-state index is 12.7. The van der Waals surface area contributed by atoms with Gasteiger partial charge in [0.05, 0.1) is 6.20 Å². The van der Waals surface area contributed by atoms with Crippen molar-refractivity contribution in [2.75, 3.05) is 19.6 Å². The Hall–Kier alpha value is -2.27. The van der Waals surface area contributed by atoms with Crippen LogP contribution in [0.1, 0.15) is 42.4 Å². The second-order valence-corrected chi connectivity index (χ2v) is 6.21. The molecule has 24 heavy (non-hydrogen) atoms. The minimum Gasteiger partial charge on any atom is -0.333 e. The van der Waals surface area contributed by atoms with Gasteiger partial charge in [-0.2, -0.15) is 0 Å². The van der Waals surface area contributed by atoms with Crippen molar-refractivity contribution in [3.63, 3.8) is 0 Å². The first-order valence-electron chi connectivity index (χ1n) is 8.56. The zero-order chi connectivity index (χ0) is 16.9. The van der Waals surface area contributed by atoms with Gasteiger partial charge >= 0.3 is 0 Å². The van der Waals surface area contributed by atoms with E-state index < -0.39 is 0 Å². The van der Waals surface area contributed by atoms with Crippen LogP contribution in [0.15, 0.2) is 48.9 Å². The fourth-order valence-electron chi connectivity index (χ4n) is 3.44. The van der Waals surface area contributed by atoms with E-state index in [1.807, 2.05) is 17.9 Å². The second-order valence-electron chi connectivity index (χ2n) is 6.21. The number of aromatic nitrogens is 2. The molecule has 5 heteroatoms. The Labute approximate surface area is 143 Å². The standard InChI is InChI=1S/C19H24N4O/c1-3-23(19(24)18-13-20-10-11-21-18)17-9-12-22(14-17)15(2)16-7-5-4-6-8-16/h4-8,10-11,13,15,17H,3,9,12,14H2,1-2H3/t15-,17-/m0/s1. The van der Waals surface area contributed by atoms with Gasteiger partial charge < -0.3 is 4.90 Å². The first kappa shape index (κ1) is 16.6. The van der Waals surface area contributed by atoms with Gasteiger partial charge in [0.25, 0.3) is 5.91 Å². The molecule has 1 amide bonds. The van der Waals surface area contributed by atoms with Crippen LogP contribution in [0.25, 0.3) is 0 Å². The molecule has 0 saturated carbocycles. The number of amides is 1. The van der Waals surface area contributed by atoms with Crippen LogP contribution in [0.3, 0.4) is 0 Å². The van der Waals surface area contributed by atoms with Crippen LogP contribution in [0, 0.1) is 0 Å². The van der Waals surface area contributed by atoms with Crippen LogP contribution in [0.4, 0.5) is 0 Å². The molecule has 0 radical (unpaired) electrons. The SMILES string of the molecule is CCN(C(=O)c1cnccn1)[C@H]1CCN([C@@H](C)c2ccccc2)C1. The maximum atomic E-state index is 12.7. The van der Waals surface area contributed by atoms with Gasteiger partial charge in [-0.25, -0.2) is 4.98 Å². The van der Waals surface area contributed by atoms with Gasteiger partial charge in [-0.15, -0.1) is 0 Å². The molecule has 0 bridgehead atoms. The largest absolute Gasteiger partial charge is 0.333 e. The summed E-state index contributed by atoms with van der Waals surface area (Å²) in [5.41, 5.74) is 1.75. The van der Waals surface area contributed by atoms with E-state index in [-0.39, 0.29) is 11.9 Å². The number of carbonyl (C=O) groups excluding carboxylic acids is 1. The van der Waals surface area contributed by atoms with Crippen molar-refractivity contribution in [1.29, 1.82) is 0 Å². The number of likely N-dealkylation sites (tertiary alicyclic amines) is 1. The van der Waals surface area contributed by atoms with E-state index in [4.69, 9.17) is 0 Å². The van der Waals surface area contributed by atoms with Crippen LogP contribution in [-0.4, -0.2) is 51.4 Å². The van der Waals surface area contributed by atoms with Gasteiger partial charge in [-0.3, -0.25) is 14.7 Å². The third-order valence-electron chi connectivity index (χ3n) is 4.85. The highest BCUT2D eigenvalue weighted by atomic mass is 16.2. The van der Waals surface area contributed by atoms with E-state index in [0.717, 1.165) is 19.5 Å². The number of carbonyl (C=O) groups is 1. The van der Waals surface area contributed by atoms with Crippen molar-refractivity contribution in [3.05, 3.63) is 60.2 Å².